The molecule has 1 aromatic rings. The number of nitrogens with one attached hydrogen (secondary N) is 2. The van der Waals surface area contributed by atoms with E-state index in [1.165, 1.54) is 11.1 Å². The van der Waals surface area contributed by atoms with Gasteiger partial charge in [0.2, 0.25) is 0 Å². The third-order valence-corrected chi connectivity index (χ3v) is 3.69. The Morgan fingerprint density at radius 3 is 3.12 bits per heavy atom. The van der Waals surface area contributed by atoms with E-state index < -0.39 is 0 Å². The Morgan fingerprint density at radius 1 is 1.53 bits per heavy atom. The van der Waals surface area contributed by atoms with Crippen molar-refractivity contribution in [1.82, 2.24) is 10.6 Å². The summed E-state index contributed by atoms with van der Waals surface area (Å²) >= 11 is 5.22. The van der Waals surface area contributed by atoms with Crippen LogP contribution >= 0.6 is 12.2 Å². The highest BCUT2D eigenvalue weighted by molar-refractivity contribution is 7.80. The predicted octanol–water partition coefficient (Wildman–Crippen LogP) is 2.27. The summed E-state index contributed by atoms with van der Waals surface area (Å²) in [7, 11) is 0. The molecule has 0 unspecified atom stereocenters. The molecule has 3 nitrogen and oxygen atoms in total. The van der Waals surface area contributed by atoms with Crippen LogP contribution in [0.4, 0.5) is 0 Å². The first-order chi connectivity index (χ1) is 8.09. The first-order valence-electron chi connectivity index (χ1n) is 6.00. The van der Waals surface area contributed by atoms with Gasteiger partial charge < -0.3 is 15.4 Å². The Labute approximate surface area is 107 Å². The van der Waals surface area contributed by atoms with Gasteiger partial charge in [0.25, 0.3) is 0 Å². The molecule has 0 radical (unpaired) electrons. The molecule has 1 saturated heterocycles. The van der Waals surface area contributed by atoms with Gasteiger partial charge in [-0.1, -0.05) is 19.1 Å². The summed E-state index contributed by atoms with van der Waals surface area (Å²) in [5, 5.41) is 7.19. The van der Waals surface area contributed by atoms with E-state index in [4.69, 9.17) is 17.0 Å². The van der Waals surface area contributed by atoms with Gasteiger partial charge in [0.1, 0.15) is 5.75 Å². The van der Waals surface area contributed by atoms with E-state index in [1.807, 2.05) is 6.92 Å². The van der Waals surface area contributed by atoms with Crippen molar-refractivity contribution in [3.63, 3.8) is 0 Å². The van der Waals surface area contributed by atoms with E-state index in [0.29, 0.717) is 5.11 Å². The number of thiocarbonyl (C=S) groups is 1. The third kappa shape index (κ3) is 1.76. The minimum absolute atomic E-state index is 0.268. The molecule has 0 aromatic heterocycles. The summed E-state index contributed by atoms with van der Waals surface area (Å²) in [6.07, 6.45) is 1.94. The van der Waals surface area contributed by atoms with Crippen LogP contribution in [-0.4, -0.2) is 10.8 Å². The second-order valence-corrected chi connectivity index (χ2v) is 5.32. The SMILES string of the molecule is CCc1ccc2c(c1)[C@H]1C[C@](C)(NC(=S)N1)O2. The maximum atomic E-state index is 6.02. The molecule has 2 bridgehead atoms. The molecule has 17 heavy (non-hydrogen) atoms. The van der Waals surface area contributed by atoms with Crippen molar-refractivity contribution in [2.24, 2.45) is 0 Å². The van der Waals surface area contributed by atoms with Crippen molar-refractivity contribution in [3.8, 4) is 5.75 Å². The summed E-state index contributed by atoms with van der Waals surface area (Å²) in [5.41, 5.74) is 2.20. The third-order valence-electron chi connectivity index (χ3n) is 3.47. The Hall–Kier alpha value is -1.29. The number of fused-ring (bicyclic) bond motifs is 4. The second kappa shape index (κ2) is 3.60. The first-order valence-corrected chi connectivity index (χ1v) is 6.41. The van der Waals surface area contributed by atoms with Crippen LogP contribution in [0.5, 0.6) is 5.75 Å². The van der Waals surface area contributed by atoms with Gasteiger partial charge in [-0.2, -0.15) is 0 Å². The van der Waals surface area contributed by atoms with Crippen molar-refractivity contribution in [3.05, 3.63) is 29.3 Å². The zero-order valence-corrected chi connectivity index (χ0v) is 10.9. The van der Waals surface area contributed by atoms with Crippen LogP contribution in [0.2, 0.25) is 0 Å². The van der Waals surface area contributed by atoms with Crippen LogP contribution in [0.3, 0.4) is 0 Å². The molecule has 2 aliphatic rings. The lowest BCUT2D eigenvalue weighted by molar-refractivity contribution is 0.0250. The number of benzene rings is 1. The molecule has 2 heterocycles. The number of hydrogen-bond acceptors (Lipinski definition) is 2. The quantitative estimate of drug-likeness (QED) is 0.747. The van der Waals surface area contributed by atoms with E-state index in [-0.39, 0.29) is 11.8 Å². The van der Waals surface area contributed by atoms with Crippen LogP contribution in [0, 0.1) is 0 Å². The molecule has 0 aliphatic carbocycles. The van der Waals surface area contributed by atoms with Crippen molar-refractivity contribution in [1.29, 1.82) is 0 Å². The van der Waals surface area contributed by atoms with Crippen molar-refractivity contribution < 1.29 is 4.74 Å². The fraction of sp³-hybridized carbons (Fsp3) is 0.462. The average molecular weight is 248 g/mol. The molecule has 2 aliphatic heterocycles. The van der Waals surface area contributed by atoms with E-state index in [9.17, 15) is 0 Å². The van der Waals surface area contributed by atoms with Crippen molar-refractivity contribution in [2.45, 2.75) is 38.5 Å². The topological polar surface area (TPSA) is 33.3 Å². The molecular formula is C13H16N2OS. The molecule has 0 amide bonds. The van der Waals surface area contributed by atoms with Gasteiger partial charge in [-0.3, -0.25) is 0 Å². The zero-order valence-electron chi connectivity index (χ0n) is 10.0. The average Bonchev–Trinajstić information content (AvgIpc) is 2.27. The number of rotatable bonds is 1. The van der Waals surface area contributed by atoms with Crippen LogP contribution in [0.1, 0.15) is 37.4 Å². The van der Waals surface area contributed by atoms with Crippen LogP contribution in [0.15, 0.2) is 18.2 Å². The van der Waals surface area contributed by atoms with E-state index in [1.54, 1.807) is 0 Å². The highest BCUT2D eigenvalue weighted by atomic mass is 32.1. The van der Waals surface area contributed by atoms with Gasteiger partial charge in [0, 0.05) is 12.0 Å². The maximum Gasteiger partial charge on any atom is 0.181 e. The normalized spacial score (nSPS) is 29.8. The second-order valence-electron chi connectivity index (χ2n) is 4.91. The van der Waals surface area contributed by atoms with Crippen LogP contribution < -0.4 is 15.4 Å². The Balaban J connectivity index is 2.07. The monoisotopic (exact) mass is 248 g/mol. The lowest BCUT2D eigenvalue weighted by atomic mass is 9.90. The molecule has 4 heteroatoms. The molecule has 2 atom stereocenters. The van der Waals surface area contributed by atoms with Crippen LogP contribution in [0.25, 0.3) is 0 Å². The smallest absolute Gasteiger partial charge is 0.181 e. The molecule has 2 N–H and O–H groups in total. The highest BCUT2D eigenvalue weighted by Gasteiger charge is 2.41. The molecule has 3 rings (SSSR count). The standard InChI is InChI=1S/C13H16N2OS/c1-3-8-4-5-11-9(6-8)10-7-13(2,16-11)15-12(17)14-10/h4-6,10H,3,7H2,1-2H3,(H2,14,15,17)/t10-,13-/m1/s1. The number of ether oxygens (including phenoxy) is 1. The van der Waals surface area contributed by atoms with Crippen molar-refractivity contribution in [2.75, 3.05) is 0 Å². The largest absolute Gasteiger partial charge is 0.468 e. The molecule has 1 aromatic carbocycles. The summed E-state index contributed by atoms with van der Waals surface area (Å²) in [4.78, 5) is 0. The fourth-order valence-electron chi connectivity index (χ4n) is 2.61. The van der Waals surface area contributed by atoms with Crippen molar-refractivity contribution >= 4 is 17.3 Å². The summed E-state index contributed by atoms with van der Waals surface area (Å²) in [6, 6.07) is 6.68. The maximum absolute atomic E-state index is 6.02. The van der Waals surface area contributed by atoms with Gasteiger partial charge >= 0.3 is 0 Å². The van der Waals surface area contributed by atoms with Gasteiger partial charge in [0.05, 0.1) is 6.04 Å². The van der Waals surface area contributed by atoms with E-state index >= 15 is 0 Å². The molecular weight excluding hydrogens is 232 g/mol. The van der Waals surface area contributed by atoms with Gasteiger partial charge in [0.15, 0.2) is 10.8 Å². The molecule has 0 saturated carbocycles. The molecule has 0 spiro atoms. The molecule has 1 fully saturated rings. The number of hydrogen-bond donors (Lipinski definition) is 2. The van der Waals surface area contributed by atoms with Crippen LogP contribution in [-0.2, 0) is 6.42 Å². The predicted molar refractivity (Wildman–Crippen MR) is 71.1 cm³/mol. The Kier molecular flexibility index (Phi) is 2.30. The summed E-state index contributed by atoms with van der Waals surface area (Å²) in [5.74, 6) is 0.962. The van der Waals surface area contributed by atoms with Gasteiger partial charge in [-0.25, -0.2) is 0 Å². The van der Waals surface area contributed by atoms with Gasteiger partial charge in [-0.05, 0) is 37.2 Å². The number of aryl methyl sites for hydroxylation is 1. The first kappa shape index (κ1) is 10.8. The Morgan fingerprint density at radius 2 is 2.35 bits per heavy atom. The fourth-order valence-corrected chi connectivity index (χ4v) is 2.96. The van der Waals surface area contributed by atoms with Gasteiger partial charge in [-0.15, -0.1) is 0 Å². The Bertz CT molecular complexity index is 488. The zero-order chi connectivity index (χ0) is 12.0. The lowest BCUT2D eigenvalue weighted by Crippen LogP contribution is -2.62. The molecule has 90 valence electrons. The van der Waals surface area contributed by atoms with E-state index in [2.05, 4.69) is 35.8 Å². The summed E-state index contributed by atoms with van der Waals surface area (Å²) < 4.78 is 6.02. The van der Waals surface area contributed by atoms with E-state index in [0.717, 1.165) is 18.6 Å². The minimum Gasteiger partial charge on any atom is -0.468 e. The minimum atomic E-state index is -0.367. The highest BCUT2D eigenvalue weighted by Crippen LogP contribution is 2.40. The lowest BCUT2D eigenvalue weighted by Gasteiger charge is -2.45. The summed E-state index contributed by atoms with van der Waals surface area (Å²) in [6.45, 7) is 4.21.